The van der Waals surface area contributed by atoms with E-state index in [1.807, 2.05) is 18.3 Å². The molecule has 0 aliphatic rings. The van der Waals surface area contributed by atoms with E-state index < -0.39 is 0 Å². The van der Waals surface area contributed by atoms with Gasteiger partial charge in [-0.3, -0.25) is 4.98 Å². The van der Waals surface area contributed by atoms with Crippen molar-refractivity contribution < 1.29 is 0 Å². The SMILES string of the molecule is CCCC[C@H](N)CN(C)CCc1ccccn1. The zero-order valence-electron chi connectivity index (χ0n) is 11.1. The van der Waals surface area contributed by atoms with Gasteiger partial charge < -0.3 is 10.6 Å². The van der Waals surface area contributed by atoms with Crippen LogP contribution in [0.5, 0.6) is 0 Å². The summed E-state index contributed by atoms with van der Waals surface area (Å²) >= 11 is 0. The van der Waals surface area contributed by atoms with E-state index in [-0.39, 0.29) is 0 Å². The molecule has 0 bridgehead atoms. The quantitative estimate of drug-likeness (QED) is 0.750. The van der Waals surface area contributed by atoms with Gasteiger partial charge in [0.25, 0.3) is 0 Å². The summed E-state index contributed by atoms with van der Waals surface area (Å²) in [7, 11) is 2.13. The molecule has 1 rings (SSSR count). The fourth-order valence-corrected chi connectivity index (χ4v) is 1.90. The Morgan fingerprint density at radius 2 is 2.24 bits per heavy atom. The lowest BCUT2D eigenvalue weighted by atomic mass is 10.1. The molecule has 0 spiro atoms. The number of hydrogen-bond acceptors (Lipinski definition) is 3. The van der Waals surface area contributed by atoms with Crippen LogP contribution in [0.4, 0.5) is 0 Å². The molecule has 96 valence electrons. The highest BCUT2D eigenvalue weighted by atomic mass is 15.1. The van der Waals surface area contributed by atoms with Gasteiger partial charge in [0.2, 0.25) is 0 Å². The van der Waals surface area contributed by atoms with Crippen molar-refractivity contribution in [2.24, 2.45) is 5.73 Å². The van der Waals surface area contributed by atoms with Crippen LogP contribution in [0.25, 0.3) is 0 Å². The van der Waals surface area contributed by atoms with Crippen molar-refractivity contribution in [1.29, 1.82) is 0 Å². The summed E-state index contributed by atoms with van der Waals surface area (Å²) in [6.45, 7) is 4.21. The monoisotopic (exact) mass is 235 g/mol. The average molecular weight is 235 g/mol. The predicted octanol–water partition coefficient (Wildman–Crippen LogP) is 2.07. The van der Waals surface area contributed by atoms with Crippen LogP contribution in [0.2, 0.25) is 0 Å². The lowest BCUT2D eigenvalue weighted by Gasteiger charge is -2.20. The van der Waals surface area contributed by atoms with Gasteiger partial charge in [-0.1, -0.05) is 25.8 Å². The average Bonchev–Trinajstić information content (AvgIpc) is 2.35. The van der Waals surface area contributed by atoms with E-state index in [9.17, 15) is 0 Å². The molecular formula is C14H25N3. The van der Waals surface area contributed by atoms with Gasteiger partial charge in [-0.15, -0.1) is 0 Å². The van der Waals surface area contributed by atoms with E-state index in [0.29, 0.717) is 6.04 Å². The molecule has 1 aromatic heterocycles. The Kier molecular flexibility index (Phi) is 6.82. The van der Waals surface area contributed by atoms with Crippen LogP contribution in [0.3, 0.4) is 0 Å². The normalized spacial score (nSPS) is 12.9. The predicted molar refractivity (Wildman–Crippen MR) is 72.9 cm³/mol. The molecule has 2 N–H and O–H groups in total. The van der Waals surface area contributed by atoms with Crippen molar-refractivity contribution in [2.45, 2.75) is 38.6 Å². The number of hydrogen-bond donors (Lipinski definition) is 1. The molecule has 3 nitrogen and oxygen atoms in total. The highest BCUT2D eigenvalue weighted by Crippen LogP contribution is 2.01. The summed E-state index contributed by atoms with van der Waals surface area (Å²) in [6.07, 6.45) is 6.44. The summed E-state index contributed by atoms with van der Waals surface area (Å²) in [5.74, 6) is 0. The lowest BCUT2D eigenvalue weighted by molar-refractivity contribution is 0.305. The summed E-state index contributed by atoms with van der Waals surface area (Å²) in [5.41, 5.74) is 7.23. The second-order valence-corrected chi connectivity index (χ2v) is 4.74. The van der Waals surface area contributed by atoms with Crippen LogP contribution in [0.15, 0.2) is 24.4 Å². The van der Waals surface area contributed by atoms with Crippen LogP contribution in [-0.4, -0.2) is 36.1 Å². The van der Waals surface area contributed by atoms with E-state index in [0.717, 1.165) is 31.6 Å². The Hall–Kier alpha value is -0.930. The van der Waals surface area contributed by atoms with Crippen molar-refractivity contribution >= 4 is 0 Å². The van der Waals surface area contributed by atoms with Gasteiger partial charge in [-0.25, -0.2) is 0 Å². The first-order valence-electron chi connectivity index (χ1n) is 6.56. The standard InChI is InChI=1S/C14H25N3/c1-3-4-7-13(15)12-17(2)11-9-14-8-5-6-10-16-14/h5-6,8,10,13H,3-4,7,9,11-12,15H2,1-2H3/t13-/m0/s1. The Labute approximate surface area is 105 Å². The number of unbranched alkanes of at least 4 members (excludes halogenated alkanes) is 1. The topological polar surface area (TPSA) is 42.1 Å². The number of aromatic nitrogens is 1. The van der Waals surface area contributed by atoms with E-state index in [1.54, 1.807) is 0 Å². The zero-order chi connectivity index (χ0) is 12.5. The highest BCUT2D eigenvalue weighted by Gasteiger charge is 2.06. The van der Waals surface area contributed by atoms with Gasteiger partial charge in [-0.05, 0) is 25.6 Å². The molecule has 1 aromatic rings. The Morgan fingerprint density at radius 1 is 1.41 bits per heavy atom. The summed E-state index contributed by atoms with van der Waals surface area (Å²) < 4.78 is 0. The van der Waals surface area contributed by atoms with E-state index in [4.69, 9.17) is 5.73 Å². The number of likely N-dealkylation sites (N-methyl/N-ethyl adjacent to an activating group) is 1. The second kappa shape index (κ2) is 8.20. The van der Waals surface area contributed by atoms with Crippen LogP contribution >= 0.6 is 0 Å². The van der Waals surface area contributed by atoms with Crippen LogP contribution in [-0.2, 0) is 6.42 Å². The molecule has 0 aliphatic heterocycles. The molecule has 0 aliphatic carbocycles. The van der Waals surface area contributed by atoms with Gasteiger partial charge in [0, 0.05) is 37.4 Å². The third kappa shape index (κ3) is 6.39. The lowest BCUT2D eigenvalue weighted by Crippen LogP contribution is -2.36. The summed E-state index contributed by atoms with van der Waals surface area (Å²) in [4.78, 5) is 6.62. The van der Waals surface area contributed by atoms with Gasteiger partial charge >= 0.3 is 0 Å². The Bertz CT molecular complexity index is 287. The van der Waals surface area contributed by atoms with Gasteiger partial charge in [0.05, 0.1) is 0 Å². The van der Waals surface area contributed by atoms with Crippen molar-refractivity contribution in [3.63, 3.8) is 0 Å². The maximum Gasteiger partial charge on any atom is 0.0416 e. The first-order chi connectivity index (χ1) is 8.22. The van der Waals surface area contributed by atoms with Crippen LogP contribution < -0.4 is 5.73 Å². The third-order valence-electron chi connectivity index (χ3n) is 2.95. The highest BCUT2D eigenvalue weighted by molar-refractivity contribution is 5.03. The minimum absolute atomic E-state index is 0.309. The molecule has 3 heteroatoms. The van der Waals surface area contributed by atoms with Crippen molar-refractivity contribution in [3.8, 4) is 0 Å². The largest absolute Gasteiger partial charge is 0.327 e. The fraction of sp³-hybridized carbons (Fsp3) is 0.643. The number of rotatable bonds is 8. The van der Waals surface area contributed by atoms with Crippen LogP contribution in [0.1, 0.15) is 31.9 Å². The molecule has 0 amide bonds. The first kappa shape index (κ1) is 14.1. The molecule has 0 unspecified atom stereocenters. The van der Waals surface area contributed by atoms with E-state index in [1.165, 1.54) is 12.8 Å². The molecule has 0 saturated carbocycles. The molecule has 0 aromatic carbocycles. The van der Waals surface area contributed by atoms with Gasteiger partial charge in [0.15, 0.2) is 0 Å². The Morgan fingerprint density at radius 3 is 2.88 bits per heavy atom. The van der Waals surface area contributed by atoms with Gasteiger partial charge in [-0.2, -0.15) is 0 Å². The maximum absolute atomic E-state index is 6.07. The minimum Gasteiger partial charge on any atom is -0.327 e. The molecule has 1 atom stereocenters. The number of pyridine rings is 1. The molecular weight excluding hydrogens is 210 g/mol. The van der Waals surface area contributed by atoms with Crippen molar-refractivity contribution in [1.82, 2.24) is 9.88 Å². The second-order valence-electron chi connectivity index (χ2n) is 4.74. The van der Waals surface area contributed by atoms with Crippen molar-refractivity contribution in [2.75, 3.05) is 20.1 Å². The van der Waals surface area contributed by atoms with E-state index >= 15 is 0 Å². The minimum atomic E-state index is 0.309. The molecule has 1 heterocycles. The molecule has 0 saturated heterocycles. The zero-order valence-corrected chi connectivity index (χ0v) is 11.1. The fourth-order valence-electron chi connectivity index (χ4n) is 1.90. The smallest absolute Gasteiger partial charge is 0.0416 e. The number of nitrogens with two attached hydrogens (primary N) is 1. The van der Waals surface area contributed by atoms with Crippen LogP contribution in [0, 0.1) is 0 Å². The van der Waals surface area contributed by atoms with Gasteiger partial charge in [0.1, 0.15) is 0 Å². The van der Waals surface area contributed by atoms with E-state index in [2.05, 4.69) is 29.9 Å². The maximum atomic E-state index is 6.07. The third-order valence-corrected chi connectivity index (χ3v) is 2.95. The molecule has 0 fully saturated rings. The Balaban J connectivity index is 2.19. The summed E-state index contributed by atoms with van der Waals surface area (Å²) in [5, 5.41) is 0. The number of nitrogens with zero attached hydrogens (tertiary/aromatic N) is 2. The molecule has 17 heavy (non-hydrogen) atoms. The van der Waals surface area contributed by atoms with Crippen molar-refractivity contribution in [3.05, 3.63) is 30.1 Å². The molecule has 0 radical (unpaired) electrons. The summed E-state index contributed by atoms with van der Waals surface area (Å²) in [6, 6.07) is 6.37. The first-order valence-corrected chi connectivity index (χ1v) is 6.56.